The summed E-state index contributed by atoms with van der Waals surface area (Å²) in [5, 5.41) is 0.471. The van der Waals surface area contributed by atoms with E-state index in [4.69, 9.17) is 16.3 Å². The van der Waals surface area contributed by atoms with Crippen LogP contribution in [0.5, 0.6) is 0 Å². The standard InChI is InChI=1S/C24H24ClNO4S/c1-3-30-24(27)20-10-8-19(9-11-20)16-26(17-21-7-5-4-6-18(21)2)31(28,29)23-14-12-22(25)13-15-23/h4-15H,3,16-17H2,1-2H3. The summed E-state index contributed by atoms with van der Waals surface area (Å²) in [6, 6.07) is 20.6. The third-order valence-electron chi connectivity index (χ3n) is 4.88. The summed E-state index contributed by atoms with van der Waals surface area (Å²) < 4.78 is 33.3. The van der Waals surface area contributed by atoms with E-state index in [1.165, 1.54) is 16.4 Å². The molecule has 3 rings (SSSR count). The van der Waals surface area contributed by atoms with Crippen molar-refractivity contribution in [2.75, 3.05) is 6.61 Å². The van der Waals surface area contributed by atoms with Crippen molar-refractivity contribution < 1.29 is 17.9 Å². The van der Waals surface area contributed by atoms with Gasteiger partial charge < -0.3 is 4.74 Å². The highest BCUT2D eigenvalue weighted by atomic mass is 35.5. The van der Waals surface area contributed by atoms with Crippen LogP contribution in [0.15, 0.2) is 77.7 Å². The highest BCUT2D eigenvalue weighted by Gasteiger charge is 2.25. The quantitative estimate of drug-likeness (QED) is 0.435. The topological polar surface area (TPSA) is 63.7 Å². The largest absolute Gasteiger partial charge is 0.462 e. The van der Waals surface area contributed by atoms with E-state index < -0.39 is 16.0 Å². The first-order valence-corrected chi connectivity index (χ1v) is 11.7. The SMILES string of the molecule is CCOC(=O)c1ccc(CN(Cc2ccccc2C)S(=O)(=O)c2ccc(Cl)cc2)cc1. The average Bonchev–Trinajstić information content (AvgIpc) is 2.75. The second-order valence-electron chi connectivity index (χ2n) is 7.07. The Labute approximate surface area is 188 Å². The van der Waals surface area contributed by atoms with Gasteiger partial charge in [-0.05, 0) is 66.9 Å². The molecule has 0 aromatic heterocycles. The molecule has 0 heterocycles. The number of carbonyl (C=O) groups excluding carboxylic acids is 1. The zero-order valence-electron chi connectivity index (χ0n) is 17.4. The summed E-state index contributed by atoms with van der Waals surface area (Å²) in [6.07, 6.45) is 0. The molecule has 31 heavy (non-hydrogen) atoms. The number of carbonyl (C=O) groups is 1. The number of nitrogens with zero attached hydrogens (tertiary/aromatic N) is 1. The van der Waals surface area contributed by atoms with Gasteiger partial charge in [0.1, 0.15) is 0 Å². The predicted octanol–water partition coefficient (Wildman–Crippen LogP) is 5.22. The maximum absolute atomic E-state index is 13.4. The molecule has 3 aromatic rings. The Morgan fingerprint density at radius 1 is 0.935 bits per heavy atom. The van der Waals surface area contributed by atoms with Crippen LogP contribution in [0.25, 0.3) is 0 Å². The molecule has 0 atom stereocenters. The van der Waals surface area contributed by atoms with Crippen molar-refractivity contribution in [1.82, 2.24) is 4.31 Å². The molecule has 0 saturated carbocycles. The van der Waals surface area contributed by atoms with Crippen LogP contribution in [-0.2, 0) is 27.8 Å². The first kappa shape index (κ1) is 23.0. The minimum atomic E-state index is -3.78. The second kappa shape index (κ2) is 10.1. The van der Waals surface area contributed by atoms with Gasteiger partial charge in [-0.25, -0.2) is 13.2 Å². The minimum Gasteiger partial charge on any atom is -0.462 e. The molecule has 0 amide bonds. The van der Waals surface area contributed by atoms with Crippen LogP contribution in [0.2, 0.25) is 5.02 Å². The van der Waals surface area contributed by atoms with Gasteiger partial charge in [0, 0.05) is 18.1 Å². The van der Waals surface area contributed by atoms with Gasteiger partial charge in [0.05, 0.1) is 17.1 Å². The fourth-order valence-corrected chi connectivity index (χ4v) is 4.66. The van der Waals surface area contributed by atoms with Crippen LogP contribution < -0.4 is 0 Å². The third kappa shape index (κ3) is 5.73. The number of sulfonamides is 1. The van der Waals surface area contributed by atoms with Gasteiger partial charge in [-0.3, -0.25) is 0 Å². The molecule has 3 aromatic carbocycles. The molecule has 0 aliphatic heterocycles. The number of hydrogen-bond donors (Lipinski definition) is 0. The lowest BCUT2D eigenvalue weighted by atomic mass is 10.1. The van der Waals surface area contributed by atoms with Gasteiger partial charge in [-0.1, -0.05) is 48.0 Å². The van der Waals surface area contributed by atoms with Crippen LogP contribution in [0.1, 0.15) is 34.0 Å². The molecule has 0 N–H and O–H groups in total. The number of rotatable bonds is 8. The molecule has 162 valence electrons. The van der Waals surface area contributed by atoms with Gasteiger partial charge in [-0.2, -0.15) is 4.31 Å². The van der Waals surface area contributed by atoms with Crippen molar-refractivity contribution >= 4 is 27.6 Å². The zero-order chi connectivity index (χ0) is 22.4. The van der Waals surface area contributed by atoms with E-state index in [2.05, 4.69) is 0 Å². The third-order valence-corrected chi connectivity index (χ3v) is 6.94. The summed E-state index contributed by atoms with van der Waals surface area (Å²) in [7, 11) is -3.78. The monoisotopic (exact) mass is 457 g/mol. The van der Waals surface area contributed by atoms with E-state index in [0.717, 1.165) is 16.7 Å². The van der Waals surface area contributed by atoms with Crippen LogP contribution in [-0.4, -0.2) is 25.3 Å². The maximum Gasteiger partial charge on any atom is 0.338 e. The Bertz CT molecular complexity index is 1140. The number of esters is 1. The fourth-order valence-electron chi connectivity index (χ4n) is 3.12. The molecule has 0 fully saturated rings. The number of halogens is 1. The predicted molar refractivity (Wildman–Crippen MR) is 121 cm³/mol. The molecule has 0 spiro atoms. The van der Waals surface area contributed by atoms with Crippen LogP contribution in [0.4, 0.5) is 0 Å². The van der Waals surface area contributed by atoms with E-state index in [1.807, 2.05) is 31.2 Å². The highest BCUT2D eigenvalue weighted by molar-refractivity contribution is 7.89. The first-order valence-electron chi connectivity index (χ1n) is 9.87. The maximum atomic E-state index is 13.4. The van der Waals surface area contributed by atoms with Crippen molar-refractivity contribution in [2.24, 2.45) is 0 Å². The first-order chi connectivity index (χ1) is 14.8. The van der Waals surface area contributed by atoms with E-state index in [1.54, 1.807) is 43.3 Å². The van der Waals surface area contributed by atoms with Crippen molar-refractivity contribution in [3.63, 3.8) is 0 Å². The van der Waals surface area contributed by atoms with Crippen molar-refractivity contribution in [2.45, 2.75) is 31.8 Å². The summed E-state index contributed by atoms with van der Waals surface area (Å²) in [5.41, 5.74) is 3.12. The van der Waals surface area contributed by atoms with E-state index in [9.17, 15) is 13.2 Å². The molecule has 0 saturated heterocycles. The van der Waals surface area contributed by atoms with Gasteiger partial charge in [0.25, 0.3) is 0 Å². The molecular weight excluding hydrogens is 434 g/mol. The summed E-state index contributed by atoms with van der Waals surface area (Å²) in [6.45, 7) is 4.37. The molecular formula is C24H24ClNO4S. The Morgan fingerprint density at radius 2 is 1.58 bits per heavy atom. The Kier molecular flexibility index (Phi) is 7.49. The van der Waals surface area contributed by atoms with Crippen LogP contribution >= 0.6 is 11.6 Å². The minimum absolute atomic E-state index is 0.155. The van der Waals surface area contributed by atoms with Crippen molar-refractivity contribution in [1.29, 1.82) is 0 Å². The molecule has 0 radical (unpaired) electrons. The summed E-state index contributed by atoms with van der Waals surface area (Å²) >= 11 is 5.94. The number of hydrogen-bond acceptors (Lipinski definition) is 4. The van der Waals surface area contributed by atoms with Gasteiger partial charge in [0.15, 0.2) is 0 Å². The number of ether oxygens (including phenoxy) is 1. The van der Waals surface area contributed by atoms with Gasteiger partial charge >= 0.3 is 5.97 Å². The molecule has 0 aliphatic carbocycles. The molecule has 0 bridgehead atoms. The highest BCUT2D eigenvalue weighted by Crippen LogP contribution is 2.24. The molecule has 5 nitrogen and oxygen atoms in total. The Balaban J connectivity index is 1.93. The van der Waals surface area contributed by atoms with Crippen LogP contribution in [0.3, 0.4) is 0 Å². The average molecular weight is 458 g/mol. The summed E-state index contributed by atoms with van der Waals surface area (Å²) in [5.74, 6) is -0.403. The van der Waals surface area contributed by atoms with E-state index in [-0.39, 0.29) is 18.0 Å². The Morgan fingerprint density at radius 3 is 2.19 bits per heavy atom. The lowest BCUT2D eigenvalue weighted by Gasteiger charge is -2.23. The van der Waals surface area contributed by atoms with E-state index in [0.29, 0.717) is 17.2 Å². The van der Waals surface area contributed by atoms with Gasteiger partial charge in [-0.15, -0.1) is 0 Å². The number of aryl methyl sites for hydroxylation is 1. The van der Waals surface area contributed by atoms with Gasteiger partial charge in [0.2, 0.25) is 10.0 Å². The molecule has 0 unspecified atom stereocenters. The van der Waals surface area contributed by atoms with Crippen molar-refractivity contribution in [3.05, 3.63) is 100 Å². The molecule has 0 aliphatic rings. The lowest BCUT2D eigenvalue weighted by molar-refractivity contribution is 0.0526. The lowest BCUT2D eigenvalue weighted by Crippen LogP contribution is -2.30. The van der Waals surface area contributed by atoms with E-state index >= 15 is 0 Å². The fraction of sp³-hybridized carbons (Fsp3) is 0.208. The summed E-state index contributed by atoms with van der Waals surface area (Å²) in [4.78, 5) is 12.1. The Hall–Kier alpha value is -2.67. The molecule has 7 heteroatoms. The van der Waals surface area contributed by atoms with Crippen LogP contribution in [0, 0.1) is 6.92 Å². The van der Waals surface area contributed by atoms with Crippen molar-refractivity contribution in [3.8, 4) is 0 Å². The smallest absolute Gasteiger partial charge is 0.338 e. The zero-order valence-corrected chi connectivity index (χ0v) is 19.0. The normalized spacial score (nSPS) is 11.5. The number of benzene rings is 3. The second-order valence-corrected chi connectivity index (χ2v) is 9.45.